The summed E-state index contributed by atoms with van der Waals surface area (Å²) < 4.78 is 4.31. The average Bonchev–Trinajstić information content (AvgIpc) is 2.98. The van der Waals surface area contributed by atoms with E-state index < -0.39 is 0 Å². The molecule has 0 aliphatic heterocycles. The minimum Gasteiger partial charge on any atom is -0.305 e. The van der Waals surface area contributed by atoms with Gasteiger partial charge in [0.05, 0.1) is 0 Å². The first-order valence-corrected chi connectivity index (χ1v) is 9.23. The fourth-order valence-corrected chi connectivity index (χ4v) is 3.34. The van der Waals surface area contributed by atoms with E-state index in [1.54, 1.807) is 11.6 Å². The molecule has 27 heavy (non-hydrogen) atoms. The van der Waals surface area contributed by atoms with Crippen LogP contribution in [0.5, 0.6) is 0 Å². The molecule has 1 atom stereocenters. The largest absolute Gasteiger partial charge is 0.332 e. The van der Waals surface area contributed by atoms with Crippen LogP contribution in [0.3, 0.4) is 0 Å². The van der Waals surface area contributed by atoms with Crippen LogP contribution in [0.4, 0.5) is 0 Å². The number of hydrogen-bond donors (Lipinski definition) is 0. The number of rotatable bonds is 5. The van der Waals surface area contributed by atoms with Crippen LogP contribution in [0.25, 0.3) is 11.2 Å². The molecule has 0 aliphatic carbocycles. The molecule has 0 N–H and O–H groups in total. The van der Waals surface area contributed by atoms with Gasteiger partial charge in [-0.05, 0) is 36.9 Å². The maximum Gasteiger partial charge on any atom is 0.332 e. The van der Waals surface area contributed by atoms with Crippen molar-refractivity contribution in [3.05, 3.63) is 73.7 Å². The summed E-state index contributed by atoms with van der Waals surface area (Å²) >= 11 is 6.26. The van der Waals surface area contributed by atoms with Crippen molar-refractivity contribution >= 4 is 22.8 Å². The Morgan fingerprint density at radius 3 is 2.48 bits per heavy atom. The predicted molar refractivity (Wildman–Crippen MR) is 109 cm³/mol. The Labute approximate surface area is 162 Å². The van der Waals surface area contributed by atoms with E-state index in [-0.39, 0.29) is 29.0 Å². The number of hydrogen-bond acceptors (Lipinski definition) is 3. The van der Waals surface area contributed by atoms with Crippen molar-refractivity contribution in [2.75, 3.05) is 0 Å². The third-order valence-electron chi connectivity index (χ3n) is 4.69. The number of fused-ring (bicyclic) bond motifs is 1. The van der Waals surface area contributed by atoms with Crippen molar-refractivity contribution < 1.29 is 0 Å². The Morgan fingerprint density at radius 2 is 1.85 bits per heavy atom. The van der Waals surface area contributed by atoms with E-state index in [4.69, 9.17) is 11.6 Å². The van der Waals surface area contributed by atoms with E-state index in [9.17, 15) is 9.59 Å². The third-order valence-corrected chi connectivity index (χ3v) is 4.98. The molecule has 6 nitrogen and oxygen atoms in total. The minimum absolute atomic E-state index is 0.0127. The summed E-state index contributed by atoms with van der Waals surface area (Å²) in [5.74, 6) is 0.0127. The number of halogens is 1. The van der Waals surface area contributed by atoms with E-state index in [1.165, 1.54) is 9.13 Å². The van der Waals surface area contributed by atoms with Gasteiger partial charge >= 0.3 is 5.69 Å². The van der Waals surface area contributed by atoms with Gasteiger partial charge in [-0.3, -0.25) is 13.9 Å². The Hall–Kier alpha value is -2.60. The van der Waals surface area contributed by atoms with Gasteiger partial charge in [-0.15, -0.1) is 0 Å². The highest BCUT2D eigenvalue weighted by Crippen LogP contribution is 2.18. The van der Waals surface area contributed by atoms with Gasteiger partial charge in [0.25, 0.3) is 5.56 Å². The van der Waals surface area contributed by atoms with Gasteiger partial charge < -0.3 is 4.57 Å². The van der Waals surface area contributed by atoms with Gasteiger partial charge in [0.15, 0.2) is 11.2 Å². The molecule has 3 rings (SSSR count). The number of aryl methyl sites for hydroxylation is 1. The smallest absolute Gasteiger partial charge is 0.305 e. The van der Waals surface area contributed by atoms with Crippen molar-refractivity contribution in [3.63, 3.8) is 0 Å². The zero-order chi connectivity index (χ0) is 19.7. The summed E-state index contributed by atoms with van der Waals surface area (Å²) in [5, 5.41) is 0.198. The Morgan fingerprint density at radius 1 is 1.19 bits per heavy atom. The highest BCUT2D eigenvalue weighted by Gasteiger charge is 2.20. The van der Waals surface area contributed by atoms with Gasteiger partial charge in [0, 0.05) is 20.1 Å². The average molecular weight is 387 g/mol. The fraction of sp³-hybridized carbons (Fsp3) is 0.350. The number of allylic oxidation sites excluding steroid dienone is 2. The molecule has 1 aromatic carbocycles. The maximum absolute atomic E-state index is 13.2. The van der Waals surface area contributed by atoms with Crippen molar-refractivity contribution in [1.82, 2.24) is 18.7 Å². The standard InChI is InChI=1S/C20H23ClN4O2/c1-13(2)10-11-24-16-17(22-19(24)21)23(4)20(27)25(18(16)26)12-14(3)15-8-6-5-7-9-15/h5-10,14H,11-12H2,1-4H3. The zero-order valence-electron chi connectivity index (χ0n) is 15.9. The molecule has 2 heterocycles. The number of nitrogens with zero attached hydrogens (tertiary/aromatic N) is 4. The molecular weight excluding hydrogens is 364 g/mol. The van der Waals surface area contributed by atoms with Gasteiger partial charge in [-0.1, -0.05) is 48.9 Å². The van der Waals surface area contributed by atoms with Crippen LogP contribution in [-0.4, -0.2) is 18.7 Å². The van der Waals surface area contributed by atoms with E-state index in [2.05, 4.69) is 4.98 Å². The van der Waals surface area contributed by atoms with Crippen LogP contribution in [-0.2, 0) is 20.1 Å². The highest BCUT2D eigenvalue weighted by molar-refractivity contribution is 6.29. The van der Waals surface area contributed by atoms with Crippen molar-refractivity contribution in [2.45, 2.75) is 39.8 Å². The van der Waals surface area contributed by atoms with Crippen molar-refractivity contribution in [2.24, 2.45) is 7.05 Å². The SMILES string of the molecule is CC(C)=CCn1c(Cl)nc2c1c(=O)n(CC(C)c1ccccc1)c(=O)n2C. The quantitative estimate of drug-likeness (QED) is 0.499. The summed E-state index contributed by atoms with van der Waals surface area (Å²) in [6, 6.07) is 9.83. The van der Waals surface area contributed by atoms with Crippen LogP contribution >= 0.6 is 11.6 Å². The Kier molecular flexibility index (Phi) is 5.37. The zero-order valence-corrected chi connectivity index (χ0v) is 16.7. The van der Waals surface area contributed by atoms with Gasteiger partial charge in [0.1, 0.15) is 0 Å². The van der Waals surface area contributed by atoms with Gasteiger partial charge in [0.2, 0.25) is 5.28 Å². The molecule has 0 radical (unpaired) electrons. The Balaban J connectivity index is 2.16. The van der Waals surface area contributed by atoms with E-state index in [0.29, 0.717) is 17.7 Å². The van der Waals surface area contributed by atoms with E-state index in [1.807, 2.05) is 57.2 Å². The summed E-state index contributed by atoms with van der Waals surface area (Å²) in [7, 11) is 1.61. The fourth-order valence-electron chi connectivity index (χ4n) is 3.11. The number of imidazole rings is 1. The Bertz CT molecular complexity index is 1120. The van der Waals surface area contributed by atoms with Crippen LogP contribution in [0.2, 0.25) is 5.28 Å². The molecule has 7 heteroatoms. The van der Waals surface area contributed by atoms with Crippen LogP contribution in [0, 0.1) is 0 Å². The molecule has 3 aromatic rings. The van der Waals surface area contributed by atoms with Gasteiger partial charge in [-0.2, -0.15) is 4.98 Å². The van der Waals surface area contributed by atoms with Gasteiger partial charge in [-0.25, -0.2) is 4.79 Å². The molecule has 0 aliphatic rings. The second-order valence-electron chi connectivity index (χ2n) is 7.01. The lowest BCUT2D eigenvalue weighted by Crippen LogP contribution is -2.40. The lowest BCUT2D eigenvalue weighted by atomic mass is 10.0. The first-order chi connectivity index (χ1) is 12.8. The summed E-state index contributed by atoms with van der Waals surface area (Å²) in [6.07, 6.45) is 1.97. The summed E-state index contributed by atoms with van der Waals surface area (Å²) in [6.45, 7) is 6.67. The monoisotopic (exact) mass is 386 g/mol. The molecule has 0 saturated heterocycles. The molecular formula is C20H23ClN4O2. The molecule has 1 unspecified atom stereocenters. The van der Waals surface area contributed by atoms with Crippen molar-refractivity contribution in [3.8, 4) is 0 Å². The normalized spacial score (nSPS) is 12.3. The van der Waals surface area contributed by atoms with Crippen LogP contribution in [0.1, 0.15) is 32.3 Å². The number of aromatic nitrogens is 4. The lowest BCUT2D eigenvalue weighted by molar-refractivity contribution is 0.539. The van der Waals surface area contributed by atoms with Crippen molar-refractivity contribution in [1.29, 1.82) is 0 Å². The van der Waals surface area contributed by atoms with E-state index in [0.717, 1.165) is 11.1 Å². The first-order valence-electron chi connectivity index (χ1n) is 8.85. The highest BCUT2D eigenvalue weighted by atomic mass is 35.5. The molecule has 2 aromatic heterocycles. The molecule has 142 valence electrons. The first kappa shape index (κ1) is 19.2. The number of benzene rings is 1. The van der Waals surface area contributed by atoms with E-state index >= 15 is 0 Å². The molecule has 0 saturated carbocycles. The third kappa shape index (κ3) is 3.62. The topological polar surface area (TPSA) is 61.8 Å². The predicted octanol–water partition coefficient (Wildman–Crippen LogP) is 3.32. The molecule has 0 bridgehead atoms. The summed E-state index contributed by atoms with van der Waals surface area (Å²) in [4.78, 5) is 30.2. The second-order valence-corrected chi connectivity index (χ2v) is 7.35. The minimum atomic E-state index is -0.390. The second kappa shape index (κ2) is 7.56. The van der Waals surface area contributed by atoms with Crippen LogP contribution < -0.4 is 11.2 Å². The molecule has 0 spiro atoms. The summed E-state index contributed by atoms with van der Waals surface area (Å²) in [5.41, 5.74) is 2.08. The lowest BCUT2D eigenvalue weighted by Gasteiger charge is -2.15. The van der Waals surface area contributed by atoms with Crippen LogP contribution in [0.15, 0.2) is 51.6 Å². The molecule has 0 amide bonds. The maximum atomic E-state index is 13.2. The molecule has 0 fully saturated rings.